The number of benzene rings is 2. The third-order valence-electron chi connectivity index (χ3n) is 6.10. The molecule has 40 heavy (non-hydrogen) atoms. The van der Waals surface area contributed by atoms with Crippen LogP contribution in [0.3, 0.4) is 0 Å². The predicted octanol–water partition coefficient (Wildman–Crippen LogP) is 4.47. The summed E-state index contributed by atoms with van der Waals surface area (Å²) in [5.41, 5.74) is 2.07. The van der Waals surface area contributed by atoms with Gasteiger partial charge < -0.3 is 9.15 Å². The average molecular weight is 567 g/mol. The number of hydrogen-bond donors (Lipinski definition) is 0. The zero-order chi connectivity index (χ0) is 27.5. The molecule has 0 amide bonds. The maximum atomic E-state index is 13.9. The van der Waals surface area contributed by atoms with Gasteiger partial charge in [-0.1, -0.05) is 72.0 Å². The second-order valence-corrected chi connectivity index (χ2v) is 10.6. The average Bonchev–Trinajstić information content (AvgIpc) is 3.56. The molecule has 8 nitrogen and oxygen atoms in total. The summed E-state index contributed by atoms with van der Waals surface area (Å²) in [5, 5.41) is 1.16. The molecule has 0 radical (unpaired) electrons. The lowest BCUT2D eigenvalue weighted by Gasteiger charge is -2.25. The Morgan fingerprint density at radius 1 is 1.02 bits per heavy atom. The van der Waals surface area contributed by atoms with Crippen LogP contribution in [-0.2, 0) is 9.53 Å². The van der Waals surface area contributed by atoms with Gasteiger partial charge in [0.25, 0.3) is 5.56 Å². The topological polar surface area (TPSA) is 99.6 Å². The summed E-state index contributed by atoms with van der Waals surface area (Å²) in [6, 6.07) is 23.6. The number of thiazole rings is 1. The molecular weight excluding hydrogens is 544 g/mol. The van der Waals surface area contributed by atoms with Crippen molar-refractivity contribution in [3.63, 3.8) is 0 Å². The molecule has 10 heteroatoms. The van der Waals surface area contributed by atoms with Gasteiger partial charge in [-0.2, -0.15) is 0 Å². The van der Waals surface area contributed by atoms with Crippen LogP contribution in [0.1, 0.15) is 29.9 Å². The molecule has 0 bridgehead atoms. The maximum Gasteiger partial charge on any atom is 0.338 e. The van der Waals surface area contributed by atoms with Gasteiger partial charge in [-0.05, 0) is 42.4 Å². The van der Waals surface area contributed by atoms with Gasteiger partial charge in [-0.3, -0.25) is 9.36 Å². The summed E-state index contributed by atoms with van der Waals surface area (Å²) in [6.07, 6.45) is 5.02. The molecule has 198 valence electrons. The summed E-state index contributed by atoms with van der Waals surface area (Å²) in [5.74, 6) is -0.00286. The third-order valence-corrected chi connectivity index (χ3v) is 7.90. The zero-order valence-electron chi connectivity index (χ0n) is 21.3. The van der Waals surface area contributed by atoms with Crippen molar-refractivity contribution >= 4 is 40.8 Å². The van der Waals surface area contributed by atoms with Gasteiger partial charge >= 0.3 is 5.97 Å². The molecule has 0 unspecified atom stereocenters. The van der Waals surface area contributed by atoms with Gasteiger partial charge in [0.2, 0.25) is 0 Å². The third kappa shape index (κ3) is 5.06. The van der Waals surface area contributed by atoms with Crippen molar-refractivity contribution in [3.05, 3.63) is 133 Å². The Morgan fingerprint density at radius 2 is 1.75 bits per heavy atom. The van der Waals surface area contributed by atoms with Crippen molar-refractivity contribution < 1.29 is 13.9 Å². The highest BCUT2D eigenvalue weighted by molar-refractivity contribution is 7.99. The van der Waals surface area contributed by atoms with Crippen LogP contribution >= 0.6 is 23.1 Å². The Hall–Kier alpha value is -4.54. The molecule has 0 fully saturated rings. The Morgan fingerprint density at radius 3 is 2.48 bits per heavy atom. The number of rotatable bonds is 7. The Labute approximate surface area is 237 Å². The SMILES string of the molecule is CCOC(=O)C1=C(c2ccccc2)N=c2s/c(=C/c3ccc(Sc4ncccn4)o3)c(=O)n2[C@@H]1c1ccccc1. The number of aromatic nitrogens is 3. The molecule has 5 aromatic rings. The highest BCUT2D eigenvalue weighted by atomic mass is 32.2. The monoisotopic (exact) mass is 566 g/mol. The molecule has 1 atom stereocenters. The van der Waals surface area contributed by atoms with E-state index >= 15 is 0 Å². The molecule has 0 spiro atoms. The van der Waals surface area contributed by atoms with Crippen LogP contribution in [0, 0.1) is 0 Å². The molecule has 0 saturated carbocycles. The first-order valence-corrected chi connectivity index (χ1v) is 14.1. The van der Waals surface area contributed by atoms with Crippen molar-refractivity contribution in [1.29, 1.82) is 0 Å². The Bertz CT molecular complexity index is 1880. The number of fused-ring (bicyclic) bond motifs is 1. The number of ether oxygens (including phenoxy) is 1. The van der Waals surface area contributed by atoms with Crippen LogP contribution in [0.5, 0.6) is 0 Å². The summed E-state index contributed by atoms with van der Waals surface area (Å²) in [6.45, 7) is 1.95. The molecule has 1 aliphatic rings. The van der Waals surface area contributed by atoms with Gasteiger partial charge in [-0.25, -0.2) is 19.8 Å². The summed E-state index contributed by atoms with van der Waals surface area (Å²) < 4.78 is 13.4. The first-order valence-electron chi connectivity index (χ1n) is 12.5. The highest BCUT2D eigenvalue weighted by Crippen LogP contribution is 2.35. The minimum atomic E-state index is -0.716. The minimum absolute atomic E-state index is 0.198. The lowest BCUT2D eigenvalue weighted by molar-refractivity contribution is -0.138. The van der Waals surface area contributed by atoms with Crippen molar-refractivity contribution in [2.45, 2.75) is 23.2 Å². The van der Waals surface area contributed by atoms with Crippen molar-refractivity contribution in [3.8, 4) is 0 Å². The molecule has 0 N–H and O–H groups in total. The van der Waals surface area contributed by atoms with E-state index in [4.69, 9.17) is 14.1 Å². The quantitative estimate of drug-likeness (QED) is 0.212. The number of esters is 1. The molecule has 2 aromatic carbocycles. The van der Waals surface area contributed by atoms with E-state index < -0.39 is 12.0 Å². The fraction of sp³-hybridized carbons (Fsp3) is 0.100. The van der Waals surface area contributed by atoms with Gasteiger partial charge in [-0.15, -0.1) is 0 Å². The van der Waals surface area contributed by atoms with Crippen molar-refractivity contribution in [2.24, 2.45) is 4.99 Å². The lowest BCUT2D eigenvalue weighted by Crippen LogP contribution is -2.39. The molecule has 1 aliphatic heterocycles. The van der Waals surface area contributed by atoms with Crippen LogP contribution in [-0.4, -0.2) is 27.1 Å². The van der Waals surface area contributed by atoms with Gasteiger partial charge in [0, 0.05) is 24.0 Å². The van der Waals surface area contributed by atoms with E-state index in [0.29, 0.717) is 36.6 Å². The Kier molecular flexibility index (Phi) is 7.26. The second-order valence-electron chi connectivity index (χ2n) is 8.63. The van der Waals surface area contributed by atoms with E-state index in [1.165, 1.54) is 23.1 Å². The van der Waals surface area contributed by atoms with Crippen molar-refractivity contribution in [2.75, 3.05) is 6.61 Å². The molecule has 6 rings (SSSR count). The Balaban J connectivity index is 1.51. The van der Waals surface area contributed by atoms with E-state index in [1.54, 1.807) is 42.1 Å². The summed E-state index contributed by atoms with van der Waals surface area (Å²) in [4.78, 5) is 41.1. The fourth-order valence-corrected chi connectivity index (χ4v) is 6.08. The van der Waals surface area contributed by atoms with E-state index in [2.05, 4.69) is 9.97 Å². The summed E-state index contributed by atoms with van der Waals surface area (Å²) in [7, 11) is 0. The lowest BCUT2D eigenvalue weighted by atomic mass is 9.93. The number of nitrogens with zero attached hydrogens (tertiary/aromatic N) is 4. The predicted molar refractivity (Wildman–Crippen MR) is 152 cm³/mol. The molecule has 3 aromatic heterocycles. The molecule has 4 heterocycles. The molecular formula is C30H22N4O4S2. The largest absolute Gasteiger partial charge is 0.463 e. The van der Waals surface area contributed by atoms with Gasteiger partial charge in [0.1, 0.15) is 5.76 Å². The standard InChI is InChI=1S/C30H22N4O4S2/c1-2-37-28(36)24-25(19-10-5-3-6-11-19)33-30-34(26(24)20-12-7-4-8-13-20)27(35)22(39-30)18-21-14-15-23(38-21)40-29-31-16-9-17-32-29/h3-18,26H,2H2,1H3/b22-18+/t26-/m1/s1. The second kappa shape index (κ2) is 11.3. The van der Waals surface area contributed by atoms with E-state index in [0.717, 1.165) is 11.1 Å². The van der Waals surface area contributed by atoms with E-state index in [-0.39, 0.29) is 12.2 Å². The van der Waals surface area contributed by atoms with Crippen LogP contribution < -0.4 is 14.9 Å². The van der Waals surface area contributed by atoms with E-state index in [9.17, 15) is 9.59 Å². The highest BCUT2D eigenvalue weighted by Gasteiger charge is 2.35. The van der Waals surface area contributed by atoms with Crippen LogP contribution in [0.4, 0.5) is 0 Å². The fourth-order valence-electron chi connectivity index (χ4n) is 4.42. The van der Waals surface area contributed by atoms with Crippen LogP contribution in [0.25, 0.3) is 11.8 Å². The number of carbonyl (C=O) groups is 1. The maximum absolute atomic E-state index is 13.9. The molecule has 0 aliphatic carbocycles. The molecule has 0 saturated heterocycles. The van der Waals surface area contributed by atoms with Gasteiger partial charge in [0.05, 0.1) is 28.5 Å². The first-order chi connectivity index (χ1) is 19.6. The van der Waals surface area contributed by atoms with E-state index in [1.807, 2.05) is 66.7 Å². The van der Waals surface area contributed by atoms with Gasteiger partial charge in [0.15, 0.2) is 15.1 Å². The first kappa shape index (κ1) is 25.7. The number of furan rings is 1. The number of hydrogen-bond acceptors (Lipinski definition) is 9. The zero-order valence-corrected chi connectivity index (χ0v) is 22.9. The smallest absolute Gasteiger partial charge is 0.338 e. The number of carbonyl (C=O) groups excluding carboxylic acids is 1. The van der Waals surface area contributed by atoms with Crippen molar-refractivity contribution in [1.82, 2.24) is 14.5 Å². The summed E-state index contributed by atoms with van der Waals surface area (Å²) >= 11 is 2.53. The van der Waals surface area contributed by atoms with Crippen LogP contribution in [0.2, 0.25) is 0 Å². The van der Waals surface area contributed by atoms with Crippen LogP contribution in [0.15, 0.2) is 121 Å². The normalized spacial score (nSPS) is 15.0. The minimum Gasteiger partial charge on any atom is -0.463 e.